The number of hydrogen-bond donors (Lipinski definition) is 0. The predicted molar refractivity (Wildman–Crippen MR) is 58.7 cm³/mol. The molecule has 0 aliphatic heterocycles. The van der Waals surface area contributed by atoms with Gasteiger partial charge in [0.1, 0.15) is 11.6 Å². The minimum Gasteiger partial charge on any atom is -0.480 e. The van der Waals surface area contributed by atoms with E-state index in [1.807, 2.05) is 12.1 Å². The molecule has 0 aromatic carbocycles. The summed E-state index contributed by atoms with van der Waals surface area (Å²) in [4.78, 5) is 8.01. The van der Waals surface area contributed by atoms with Gasteiger partial charge in [-0.1, -0.05) is 6.07 Å². The molecule has 4 heteroatoms. The molecule has 0 amide bonds. The average Bonchev–Trinajstić information content (AvgIpc) is 2.38. The van der Waals surface area contributed by atoms with Crippen LogP contribution >= 0.6 is 0 Å². The Hall–Kier alpha value is -2.41. The summed E-state index contributed by atoms with van der Waals surface area (Å²) in [5.74, 6) is 0.337. The van der Waals surface area contributed by atoms with Crippen molar-refractivity contribution >= 4 is 0 Å². The first kappa shape index (κ1) is 10.1. The van der Waals surface area contributed by atoms with Crippen LogP contribution in [-0.2, 0) is 0 Å². The summed E-state index contributed by atoms with van der Waals surface area (Å²) in [6.45, 7) is 0. The van der Waals surface area contributed by atoms with Crippen molar-refractivity contribution in [3.05, 3.63) is 42.4 Å². The van der Waals surface area contributed by atoms with Crippen LogP contribution in [0.5, 0.6) is 5.88 Å². The van der Waals surface area contributed by atoms with E-state index in [0.29, 0.717) is 11.4 Å². The zero-order valence-electron chi connectivity index (χ0n) is 8.71. The van der Waals surface area contributed by atoms with E-state index >= 15 is 0 Å². The molecule has 2 aromatic heterocycles. The Morgan fingerprint density at radius 2 is 2.19 bits per heavy atom. The lowest BCUT2D eigenvalue weighted by molar-refractivity contribution is 0.397. The highest BCUT2D eigenvalue weighted by atomic mass is 16.5. The Morgan fingerprint density at radius 3 is 2.81 bits per heavy atom. The van der Waals surface area contributed by atoms with E-state index in [4.69, 9.17) is 10.00 Å². The number of hydrogen-bond acceptors (Lipinski definition) is 4. The van der Waals surface area contributed by atoms with Gasteiger partial charge in [0.2, 0.25) is 5.88 Å². The van der Waals surface area contributed by atoms with Crippen molar-refractivity contribution in [2.75, 3.05) is 7.11 Å². The van der Waals surface area contributed by atoms with Crippen molar-refractivity contribution in [3.8, 4) is 23.1 Å². The minimum absolute atomic E-state index is 0.337. The van der Waals surface area contributed by atoms with E-state index in [2.05, 4.69) is 16.0 Å². The number of methoxy groups -OCH3 is 1. The number of nitrogens with zero attached hydrogens (tertiary/aromatic N) is 3. The number of nitriles is 1. The monoisotopic (exact) mass is 211 g/mol. The zero-order chi connectivity index (χ0) is 11.4. The van der Waals surface area contributed by atoms with Crippen LogP contribution in [0.1, 0.15) is 5.56 Å². The van der Waals surface area contributed by atoms with Crippen LogP contribution in [0.25, 0.3) is 11.1 Å². The van der Waals surface area contributed by atoms with Gasteiger partial charge in [0.25, 0.3) is 0 Å². The molecule has 0 N–H and O–H groups in total. The summed E-state index contributed by atoms with van der Waals surface area (Å²) >= 11 is 0. The van der Waals surface area contributed by atoms with Gasteiger partial charge in [-0.15, -0.1) is 0 Å². The van der Waals surface area contributed by atoms with Gasteiger partial charge in [0.05, 0.1) is 7.11 Å². The summed E-state index contributed by atoms with van der Waals surface area (Å²) < 4.78 is 5.04. The topological polar surface area (TPSA) is 58.8 Å². The molecule has 0 saturated heterocycles. The fraction of sp³-hybridized carbons (Fsp3) is 0.0833. The minimum atomic E-state index is 0.337. The Labute approximate surface area is 93.2 Å². The predicted octanol–water partition coefficient (Wildman–Crippen LogP) is 2.02. The average molecular weight is 211 g/mol. The highest BCUT2D eigenvalue weighted by molar-refractivity contribution is 5.71. The molecule has 0 atom stereocenters. The van der Waals surface area contributed by atoms with Crippen molar-refractivity contribution in [2.45, 2.75) is 0 Å². The molecule has 0 aliphatic rings. The van der Waals surface area contributed by atoms with Gasteiger partial charge in [-0.05, 0) is 12.1 Å². The Kier molecular flexibility index (Phi) is 2.79. The Morgan fingerprint density at radius 1 is 1.31 bits per heavy atom. The van der Waals surface area contributed by atoms with E-state index in [-0.39, 0.29) is 0 Å². The molecule has 2 heterocycles. The molecule has 2 aromatic rings. The van der Waals surface area contributed by atoms with Gasteiger partial charge in [-0.25, -0.2) is 4.98 Å². The smallest absolute Gasteiger partial charge is 0.232 e. The molecule has 0 unspecified atom stereocenters. The van der Waals surface area contributed by atoms with Crippen LogP contribution < -0.4 is 4.74 Å². The van der Waals surface area contributed by atoms with Crippen LogP contribution in [0.4, 0.5) is 0 Å². The third-order valence-electron chi connectivity index (χ3n) is 2.19. The molecule has 0 radical (unpaired) electrons. The summed E-state index contributed by atoms with van der Waals surface area (Å²) in [5, 5.41) is 9.10. The highest BCUT2D eigenvalue weighted by Crippen LogP contribution is 2.27. The second-order valence-electron chi connectivity index (χ2n) is 3.10. The van der Waals surface area contributed by atoms with Crippen molar-refractivity contribution < 1.29 is 4.74 Å². The van der Waals surface area contributed by atoms with E-state index in [1.54, 1.807) is 24.7 Å². The van der Waals surface area contributed by atoms with Crippen molar-refractivity contribution in [1.82, 2.24) is 9.97 Å². The largest absolute Gasteiger partial charge is 0.480 e. The van der Waals surface area contributed by atoms with Gasteiger partial charge >= 0.3 is 0 Å². The molecule has 0 aliphatic carbocycles. The van der Waals surface area contributed by atoms with Crippen LogP contribution in [0.2, 0.25) is 0 Å². The zero-order valence-corrected chi connectivity index (χ0v) is 8.71. The molecule has 0 spiro atoms. The standard InChI is InChI=1S/C12H9N3O/c1-16-12-11(7-13)10(4-6-15-12)9-3-2-5-14-8-9/h2-6,8H,1H3. The summed E-state index contributed by atoms with van der Waals surface area (Å²) in [6, 6.07) is 7.59. The van der Waals surface area contributed by atoms with Gasteiger partial charge in [0, 0.05) is 29.7 Å². The lowest BCUT2D eigenvalue weighted by Gasteiger charge is -2.06. The summed E-state index contributed by atoms with van der Waals surface area (Å²) in [5.41, 5.74) is 2.08. The Balaban J connectivity index is 2.63. The first-order valence-electron chi connectivity index (χ1n) is 4.70. The van der Waals surface area contributed by atoms with E-state index in [9.17, 15) is 0 Å². The van der Waals surface area contributed by atoms with Gasteiger partial charge in [-0.2, -0.15) is 5.26 Å². The third-order valence-corrected chi connectivity index (χ3v) is 2.19. The van der Waals surface area contributed by atoms with Crippen LogP contribution in [0.15, 0.2) is 36.8 Å². The molecule has 0 fully saturated rings. The molecule has 4 nitrogen and oxygen atoms in total. The number of rotatable bonds is 2. The molecular weight excluding hydrogens is 202 g/mol. The van der Waals surface area contributed by atoms with Gasteiger partial charge in [0.15, 0.2) is 0 Å². The Bertz CT molecular complexity index is 532. The number of ether oxygens (including phenoxy) is 1. The van der Waals surface area contributed by atoms with Crippen LogP contribution in [-0.4, -0.2) is 17.1 Å². The first-order chi connectivity index (χ1) is 7.86. The lowest BCUT2D eigenvalue weighted by Crippen LogP contribution is -1.94. The van der Waals surface area contributed by atoms with E-state index in [1.165, 1.54) is 7.11 Å². The van der Waals surface area contributed by atoms with E-state index in [0.717, 1.165) is 11.1 Å². The fourth-order valence-corrected chi connectivity index (χ4v) is 1.47. The fourth-order valence-electron chi connectivity index (χ4n) is 1.47. The number of pyridine rings is 2. The molecule has 16 heavy (non-hydrogen) atoms. The molecule has 78 valence electrons. The second-order valence-corrected chi connectivity index (χ2v) is 3.10. The van der Waals surface area contributed by atoms with Gasteiger partial charge in [-0.3, -0.25) is 4.98 Å². The second kappa shape index (κ2) is 4.41. The van der Waals surface area contributed by atoms with E-state index < -0.39 is 0 Å². The number of aromatic nitrogens is 2. The van der Waals surface area contributed by atoms with Crippen LogP contribution in [0, 0.1) is 11.3 Å². The van der Waals surface area contributed by atoms with Crippen molar-refractivity contribution in [3.63, 3.8) is 0 Å². The van der Waals surface area contributed by atoms with Gasteiger partial charge < -0.3 is 4.74 Å². The maximum absolute atomic E-state index is 9.10. The SMILES string of the molecule is COc1nccc(-c2cccnc2)c1C#N. The quantitative estimate of drug-likeness (QED) is 0.762. The van der Waals surface area contributed by atoms with Crippen LogP contribution in [0.3, 0.4) is 0 Å². The van der Waals surface area contributed by atoms with Crippen molar-refractivity contribution in [2.24, 2.45) is 0 Å². The highest BCUT2D eigenvalue weighted by Gasteiger charge is 2.11. The molecule has 0 saturated carbocycles. The maximum atomic E-state index is 9.10. The normalized spacial score (nSPS) is 9.50. The molecule has 2 rings (SSSR count). The summed E-state index contributed by atoms with van der Waals surface area (Å²) in [6.07, 6.45) is 5.01. The summed E-state index contributed by atoms with van der Waals surface area (Å²) in [7, 11) is 1.50. The first-order valence-corrected chi connectivity index (χ1v) is 4.70. The maximum Gasteiger partial charge on any atom is 0.232 e. The lowest BCUT2D eigenvalue weighted by atomic mass is 10.0. The third kappa shape index (κ3) is 1.71. The molecular formula is C12H9N3O. The molecule has 0 bridgehead atoms. The van der Waals surface area contributed by atoms with Crippen molar-refractivity contribution in [1.29, 1.82) is 5.26 Å².